The summed E-state index contributed by atoms with van der Waals surface area (Å²) in [5.74, 6) is -0.267. The van der Waals surface area contributed by atoms with E-state index in [4.69, 9.17) is 4.74 Å². The SMILES string of the molecule is CC(=O)NCCN(Cc1ccccc1OC(C)C)C(C)C(=O)O. The first-order chi connectivity index (χ1) is 10.8. The Balaban J connectivity index is 2.87. The summed E-state index contributed by atoms with van der Waals surface area (Å²) in [6.07, 6.45) is 0.0425. The second kappa shape index (κ2) is 9.15. The quantitative estimate of drug-likeness (QED) is 0.726. The molecule has 1 aromatic rings. The number of hydrogen-bond acceptors (Lipinski definition) is 4. The number of para-hydroxylation sites is 1. The minimum atomic E-state index is -0.893. The van der Waals surface area contributed by atoms with Crippen molar-refractivity contribution >= 4 is 11.9 Å². The number of carbonyl (C=O) groups excluding carboxylic acids is 1. The van der Waals surface area contributed by atoms with Crippen molar-refractivity contribution in [3.8, 4) is 5.75 Å². The maximum absolute atomic E-state index is 11.3. The Kier molecular flexibility index (Phi) is 7.54. The summed E-state index contributed by atoms with van der Waals surface area (Å²) in [6.45, 7) is 8.27. The number of carboxylic acids is 1. The van der Waals surface area contributed by atoms with Crippen LogP contribution in [0.2, 0.25) is 0 Å². The summed E-state index contributed by atoms with van der Waals surface area (Å²) in [5.41, 5.74) is 0.928. The van der Waals surface area contributed by atoms with Gasteiger partial charge in [-0.3, -0.25) is 14.5 Å². The van der Waals surface area contributed by atoms with E-state index in [-0.39, 0.29) is 12.0 Å². The Labute approximate surface area is 137 Å². The van der Waals surface area contributed by atoms with Crippen molar-refractivity contribution < 1.29 is 19.4 Å². The van der Waals surface area contributed by atoms with Crippen LogP contribution >= 0.6 is 0 Å². The maximum Gasteiger partial charge on any atom is 0.320 e. The Morgan fingerprint density at radius 1 is 1.26 bits per heavy atom. The average Bonchev–Trinajstić information content (AvgIpc) is 2.46. The van der Waals surface area contributed by atoms with Crippen LogP contribution < -0.4 is 10.1 Å². The van der Waals surface area contributed by atoms with Crippen LogP contribution in [-0.2, 0) is 16.1 Å². The van der Waals surface area contributed by atoms with Crippen LogP contribution in [0.15, 0.2) is 24.3 Å². The Morgan fingerprint density at radius 2 is 1.91 bits per heavy atom. The molecule has 0 heterocycles. The first-order valence-electron chi connectivity index (χ1n) is 7.77. The predicted molar refractivity (Wildman–Crippen MR) is 88.4 cm³/mol. The molecule has 128 valence electrons. The minimum absolute atomic E-state index is 0.0425. The molecule has 1 aromatic carbocycles. The number of carboxylic acid groups (broad SMARTS) is 1. The second-order valence-corrected chi connectivity index (χ2v) is 5.74. The van der Waals surface area contributed by atoms with Gasteiger partial charge >= 0.3 is 5.97 Å². The molecule has 1 rings (SSSR count). The zero-order valence-electron chi connectivity index (χ0n) is 14.2. The van der Waals surface area contributed by atoms with E-state index < -0.39 is 12.0 Å². The van der Waals surface area contributed by atoms with Crippen molar-refractivity contribution in [3.63, 3.8) is 0 Å². The molecule has 0 bridgehead atoms. The van der Waals surface area contributed by atoms with E-state index in [1.54, 1.807) is 11.8 Å². The van der Waals surface area contributed by atoms with Crippen molar-refractivity contribution in [2.75, 3.05) is 13.1 Å². The van der Waals surface area contributed by atoms with E-state index >= 15 is 0 Å². The van der Waals surface area contributed by atoms with Gasteiger partial charge in [0, 0.05) is 32.1 Å². The lowest BCUT2D eigenvalue weighted by Crippen LogP contribution is -2.42. The normalized spacial score (nSPS) is 12.3. The lowest BCUT2D eigenvalue weighted by Gasteiger charge is -2.27. The Bertz CT molecular complexity index is 531. The zero-order chi connectivity index (χ0) is 17.4. The van der Waals surface area contributed by atoms with Crippen molar-refractivity contribution in [3.05, 3.63) is 29.8 Å². The summed E-state index contributed by atoms with van der Waals surface area (Å²) < 4.78 is 5.79. The fourth-order valence-corrected chi connectivity index (χ4v) is 2.16. The monoisotopic (exact) mass is 322 g/mol. The molecule has 0 saturated carbocycles. The molecule has 1 unspecified atom stereocenters. The Hall–Kier alpha value is -2.08. The molecule has 0 aliphatic rings. The summed E-state index contributed by atoms with van der Waals surface area (Å²) in [4.78, 5) is 24.1. The van der Waals surface area contributed by atoms with Crippen molar-refractivity contribution in [2.45, 2.75) is 46.4 Å². The van der Waals surface area contributed by atoms with E-state index in [1.807, 2.05) is 38.1 Å². The van der Waals surface area contributed by atoms with Gasteiger partial charge in [0.15, 0.2) is 0 Å². The highest BCUT2D eigenvalue weighted by Crippen LogP contribution is 2.22. The van der Waals surface area contributed by atoms with Crippen molar-refractivity contribution in [1.82, 2.24) is 10.2 Å². The van der Waals surface area contributed by atoms with E-state index in [9.17, 15) is 14.7 Å². The summed E-state index contributed by atoms with van der Waals surface area (Å²) >= 11 is 0. The first-order valence-corrected chi connectivity index (χ1v) is 7.77. The number of nitrogens with zero attached hydrogens (tertiary/aromatic N) is 1. The van der Waals surface area contributed by atoms with E-state index in [1.165, 1.54) is 6.92 Å². The van der Waals surface area contributed by atoms with Gasteiger partial charge in [-0.05, 0) is 26.8 Å². The molecular formula is C17H26N2O4. The number of benzene rings is 1. The highest BCUT2D eigenvalue weighted by molar-refractivity contribution is 5.73. The van der Waals surface area contributed by atoms with Crippen LogP contribution in [0.25, 0.3) is 0 Å². The molecule has 1 amide bonds. The van der Waals surface area contributed by atoms with Gasteiger partial charge in [-0.25, -0.2) is 0 Å². The molecule has 0 spiro atoms. The molecule has 0 aliphatic heterocycles. The van der Waals surface area contributed by atoms with Crippen LogP contribution in [0.5, 0.6) is 5.75 Å². The third-order valence-electron chi connectivity index (χ3n) is 3.39. The third-order valence-corrected chi connectivity index (χ3v) is 3.39. The average molecular weight is 322 g/mol. The fourth-order valence-electron chi connectivity index (χ4n) is 2.16. The highest BCUT2D eigenvalue weighted by Gasteiger charge is 2.21. The molecular weight excluding hydrogens is 296 g/mol. The second-order valence-electron chi connectivity index (χ2n) is 5.74. The molecule has 0 saturated heterocycles. The summed E-state index contributed by atoms with van der Waals surface area (Å²) in [5, 5.41) is 12.0. The number of ether oxygens (including phenoxy) is 1. The summed E-state index contributed by atoms with van der Waals surface area (Å²) in [6, 6.07) is 6.95. The number of amides is 1. The molecule has 23 heavy (non-hydrogen) atoms. The largest absolute Gasteiger partial charge is 0.491 e. The first kappa shape index (κ1) is 19.0. The van der Waals surface area contributed by atoms with Gasteiger partial charge in [-0.15, -0.1) is 0 Å². The molecule has 0 aliphatic carbocycles. The standard InChI is InChI=1S/C17H26N2O4/c1-12(2)23-16-8-6-5-7-15(16)11-19(13(3)17(21)22)10-9-18-14(4)20/h5-8,12-13H,9-11H2,1-4H3,(H,18,20)(H,21,22). The molecule has 1 atom stereocenters. The lowest BCUT2D eigenvalue weighted by atomic mass is 10.1. The van der Waals surface area contributed by atoms with E-state index in [2.05, 4.69) is 5.32 Å². The molecule has 0 fully saturated rings. The highest BCUT2D eigenvalue weighted by atomic mass is 16.5. The maximum atomic E-state index is 11.3. The van der Waals surface area contributed by atoms with E-state index in [0.29, 0.717) is 19.6 Å². The zero-order valence-corrected chi connectivity index (χ0v) is 14.2. The van der Waals surface area contributed by atoms with Gasteiger partial charge < -0.3 is 15.2 Å². The lowest BCUT2D eigenvalue weighted by molar-refractivity contribution is -0.142. The minimum Gasteiger partial charge on any atom is -0.491 e. The van der Waals surface area contributed by atoms with Gasteiger partial charge in [0.1, 0.15) is 11.8 Å². The smallest absolute Gasteiger partial charge is 0.320 e. The van der Waals surface area contributed by atoms with Crippen molar-refractivity contribution in [2.24, 2.45) is 0 Å². The molecule has 0 aromatic heterocycles. The van der Waals surface area contributed by atoms with Gasteiger partial charge in [0.25, 0.3) is 0 Å². The van der Waals surface area contributed by atoms with Crippen LogP contribution in [0.1, 0.15) is 33.3 Å². The van der Waals surface area contributed by atoms with Gasteiger partial charge in [-0.1, -0.05) is 18.2 Å². The Morgan fingerprint density at radius 3 is 2.48 bits per heavy atom. The van der Waals surface area contributed by atoms with Gasteiger partial charge in [0.05, 0.1) is 6.10 Å². The van der Waals surface area contributed by atoms with Crippen LogP contribution in [0, 0.1) is 0 Å². The molecule has 2 N–H and O–H groups in total. The predicted octanol–water partition coefficient (Wildman–Crippen LogP) is 1.88. The van der Waals surface area contributed by atoms with Gasteiger partial charge in [0.2, 0.25) is 5.91 Å². The number of nitrogens with one attached hydrogen (secondary N) is 1. The van der Waals surface area contributed by atoms with Crippen LogP contribution in [-0.4, -0.2) is 47.1 Å². The van der Waals surface area contributed by atoms with Gasteiger partial charge in [-0.2, -0.15) is 0 Å². The number of rotatable bonds is 9. The third kappa shape index (κ3) is 6.69. The van der Waals surface area contributed by atoms with Crippen molar-refractivity contribution in [1.29, 1.82) is 0 Å². The topological polar surface area (TPSA) is 78.9 Å². The van der Waals surface area contributed by atoms with E-state index in [0.717, 1.165) is 11.3 Å². The number of hydrogen-bond donors (Lipinski definition) is 2. The molecule has 6 heteroatoms. The summed E-state index contributed by atoms with van der Waals surface area (Å²) in [7, 11) is 0. The molecule has 0 radical (unpaired) electrons. The molecule has 6 nitrogen and oxygen atoms in total. The van der Waals surface area contributed by atoms with Crippen LogP contribution in [0.4, 0.5) is 0 Å². The van der Waals surface area contributed by atoms with Crippen LogP contribution in [0.3, 0.4) is 0 Å². The fraction of sp³-hybridized carbons (Fsp3) is 0.529. The number of carbonyl (C=O) groups is 2. The number of aliphatic carboxylic acids is 1.